The van der Waals surface area contributed by atoms with Gasteiger partial charge in [-0.2, -0.15) is 13.2 Å². The molecule has 25 heavy (non-hydrogen) atoms. The van der Waals surface area contributed by atoms with E-state index in [0.29, 0.717) is 32.4 Å². The van der Waals surface area contributed by atoms with Crippen LogP contribution < -0.4 is 0 Å². The van der Waals surface area contributed by atoms with Gasteiger partial charge in [-0.15, -0.1) is 0 Å². The number of piperidine rings is 1. The Kier molecular flexibility index (Phi) is 6.93. The van der Waals surface area contributed by atoms with Crippen LogP contribution in [0.25, 0.3) is 0 Å². The molecule has 1 unspecified atom stereocenters. The van der Waals surface area contributed by atoms with Crippen LogP contribution >= 0.6 is 0 Å². The highest BCUT2D eigenvalue weighted by molar-refractivity contribution is 5.77. The van der Waals surface area contributed by atoms with Gasteiger partial charge in [0.05, 0.1) is 10.8 Å². The minimum absolute atomic E-state index is 0.136. The smallest absolute Gasteiger partial charge is 0.394 e. The monoisotopic (exact) mass is 365 g/mol. The van der Waals surface area contributed by atoms with E-state index in [2.05, 4.69) is 0 Å². The van der Waals surface area contributed by atoms with Gasteiger partial charge < -0.3 is 9.64 Å². The summed E-state index contributed by atoms with van der Waals surface area (Å²) < 4.78 is 45.0. The van der Waals surface area contributed by atoms with Gasteiger partial charge in [-0.05, 0) is 26.7 Å². The molecule has 0 N–H and O–H groups in total. The maximum atomic E-state index is 13.2. The fraction of sp³-hybridized carbons (Fsp3) is 0.889. The zero-order valence-electron chi connectivity index (χ0n) is 15.8. The second-order valence-corrected chi connectivity index (χ2v) is 7.81. The zero-order valence-corrected chi connectivity index (χ0v) is 15.8. The van der Waals surface area contributed by atoms with Gasteiger partial charge in [-0.1, -0.05) is 20.8 Å². The first-order chi connectivity index (χ1) is 11.4. The molecule has 1 atom stereocenters. The van der Waals surface area contributed by atoms with Crippen molar-refractivity contribution >= 4 is 11.9 Å². The SMILES string of the molecule is CCC(C)(C)C(=O)OC1CCN(C(=O)CC(C)(CC)C(F)(F)F)CC1. The summed E-state index contributed by atoms with van der Waals surface area (Å²) in [6, 6.07) is 0. The van der Waals surface area contributed by atoms with Crippen molar-refractivity contribution in [2.45, 2.75) is 79.0 Å². The van der Waals surface area contributed by atoms with Gasteiger partial charge in [0, 0.05) is 32.4 Å². The van der Waals surface area contributed by atoms with Crippen molar-refractivity contribution in [1.29, 1.82) is 0 Å². The summed E-state index contributed by atoms with van der Waals surface area (Å²) >= 11 is 0. The molecule has 1 aliphatic rings. The van der Waals surface area contributed by atoms with Crippen molar-refractivity contribution in [1.82, 2.24) is 4.90 Å². The summed E-state index contributed by atoms with van der Waals surface area (Å²) in [5.74, 6) is -0.754. The van der Waals surface area contributed by atoms with Crippen LogP contribution in [0.3, 0.4) is 0 Å². The fourth-order valence-corrected chi connectivity index (χ4v) is 2.55. The second kappa shape index (κ2) is 7.96. The van der Waals surface area contributed by atoms with Crippen LogP contribution in [0.1, 0.15) is 66.7 Å². The van der Waals surface area contributed by atoms with Gasteiger partial charge in [0.2, 0.25) is 5.91 Å². The number of carbonyl (C=O) groups excluding carboxylic acids is 2. The molecule has 1 rings (SSSR count). The average molecular weight is 365 g/mol. The van der Waals surface area contributed by atoms with E-state index in [9.17, 15) is 22.8 Å². The first-order valence-corrected chi connectivity index (χ1v) is 8.92. The number of halogens is 3. The van der Waals surface area contributed by atoms with E-state index in [4.69, 9.17) is 4.74 Å². The predicted octanol–water partition coefficient (Wildman–Crippen LogP) is 4.33. The zero-order chi connectivity index (χ0) is 19.5. The Bertz CT molecular complexity index is 482. The van der Waals surface area contributed by atoms with Crippen molar-refractivity contribution < 1.29 is 27.5 Å². The lowest BCUT2D eigenvalue weighted by Gasteiger charge is -2.36. The predicted molar refractivity (Wildman–Crippen MR) is 88.8 cm³/mol. The number of rotatable bonds is 6. The molecule has 1 heterocycles. The van der Waals surface area contributed by atoms with E-state index < -0.39 is 29.3 Å². The van der Waals surface area contributed by atoms with Crippen LogP contribution in [0, 0.1) is 10.8 Å². The Morgan fingerprint density at radius 2 is 1.56 bits per heavy atom. The number of nitrogens with zero attached hydrogens (tertiary/aromatic N) is 1. The molecule has 0 aromatic rings. The van der Waals surface area contributed by atoms with E-state index in [-0.39, 0.29) is 18.5 Å². The van der Waals surface area contributed by atoms with Crippen molar-refractivity contribution in [2.24, 2.45) is 10.8 Å². The summed E-state index contributed by atoms with van der Waals surface area (Å²) in [6.07, 6.45) is -3.77. The number of esters is 1. The maximum absolute atomic E-state index is 13.2. The van der Waals surface area contributed by atoms with Crippen molar-refractivity contribution in [3.8, 4) is 0 Å². The summed E-state index contributed by atoms with van der Waals surface area (Å²) in [4.78, 5) is 25.8. The molecule has 0 bridgehead atoms. The van der Waals surface area contributed by atoms with Gasteiger partial charge in [0.15, 0.2) is 0 Å². The molecule has 0 aliphatic carbocycles. The molecule has 0 radical (unpaired) electrons. The normalized spacial score (nSPS) is 19.4. The molecule has 0 aromatic carbocycles. The third-order valence-electron chi connectivity index (χ3n) is 5.51. The second-order valence-electron chi connectivity index (χ2n) is 7.81. The highest BCUT2D eigenvalue weighted by atomic mass is 19.4. The first-order valence-electron chi connectivity index (χ1n) is 8.92. The Hall–Kier alpha value is -1.27. The Labute approximate surface area is 148 Å². The largest absolute Gasteiger partial charge is 0.462 e. The van der Waals surface area contributed by atoms with E-state index in [0.717, 1.165) is 6.92 Å². The molecule has 7 heteroatoms. The van der Waals surface area contributed by atoms with Crippen LogP contribution in [0.4, 0.5) is 13.2 Å². The van der Waals surface area contributed by atoms with Gasteiger partial charge in [-0.3, -0.25) is 9.59 Å². The molecule has 1 aliphatic heterocycles. The van der Waals surface area contributed by atoms with Crippen LogP contribution in [0.15, 0.2) is 0 Å². The number of amides is 1. The lowest BCUT2D eigenvalue weighted by Crippen LogP contribution is -2.46. The van der Waals surface area contributed by atoms with Crippen molar-refractivity contribution in [3.05, 3.63) is 0 Å². The Balaban J connectivity index is 2.56. The maximum Gasteiger partial charge on any atom is 0.394 e. The topological polar surface area (TPSA) is 46.6 Å². The molecule has 0 aromatic heterocycles. The lowest BCUT2D eigenvalue weighted by molar-refractivity contribution is -0.222. The van der Waals surface area contributed by atoms with Gasteiger partial charge in [0.1, 0.15) is 6.10 Å². The van der Waals surface area contributed by atoms with E-state index in [1.807, 2.05) is 20.8 Å². The van der Waals surface area contributed by atoms with Crippen LogP contribution in [0.5, 0.6) is 0 Å². The minimum atomic E-state index is -4.41. The molecule has 1 saturated heterocycles. The van der Waals surface area contributed by atoms with Crippen LogP contribution in [0.2, 0.25) is 0 Å². The van der Waals surface area contributed by atoms with Crippen molar-refractivity contribution in [2.75, 3.05) is 13.1 Å². The van der Waals surface area contributed by atoms with E-state index in [1.165, 1.54) is 11.8 Å². The highest BCUT2D eigenvalue weighted by Gasteiger charge is 2.51. The Morgan fingerprint density at radius 3 is 1.96 bits per heavy atom. The number of carbonyl (C=O) groups is 2. The molecular formula is C18H30F3NO3. The third kappa shape index (κ3) is 5.35. The number of ether oxygens (including phenoxy) is 1. The molecule has 1 fully saturated rings. The molecular weight excluding hydrogens is 335 g/mol. The standard InChI is InChI=1S/C18H30F3NO3/c1-6-16(3,4)15(24)25-13-8-10-22(11-9-13)14(23)12-17(5,7-2)18(19,20)21/h13H,6-12H2,1-5H3. The summed E-state index contributed by atoms with van der Waals surface area (Å²) in [7, 11) is 0. The third-order valence-corrected chi connectivity index (χ3v) is 5.51. The molecule has 0 saturated carbocycles. The molecule has 146 valence electrons. The molecule has 1 amide bonds. The number of hydrogen-bond acceptors (Lipinski definition) is 3. The first kappa shape index (κ1) is 21.8. The van der Waals surface area contributed by atoms with E-state index >= 15 is 0 Å². The fourth-order valence-electron chi connectivity index (χ4n) is 2.55. The summed E-state index contributed by atoms with van der Waals surface area (Å²) in [5.41, 5.74) is -2.55. The number of alkyl halides is 3. The van der Waals surface area contributed by atoms with Crippen LogP contribution in [-0.4, -0.2) is 42.1 Å². The quantitative estimate of drug-likeness (QED) is 0.659. The summed E-state index contributed by atoms with van der Waals surface area (Å²) in [6.45, 7) is 8.72. The van der Waals surface area contributed by atoms with E-state index in [1.54, 1.807) is 0 Å². The van der Waals surface area contributed by atoms with Crippen LogP contribution in [-0.2, 0) is 14.3 Å². The number of hydrogen-bond donors (Lipinski definition) is 0. The highest BCUT2D eigenvalue weighted by Crippen LogP contribution is 2.44. The van der Waals surface area contributed by atoms with Gasteiger partial charge in [0.25, 0.3) is 0 Å². The number of likely N-dealkylation sites (tertiary alicyclic amines) is 1. The summed E-state index contributed by atoms with van der Waals surface area (Å²) in [5, 5.41) is 0. The van der Waals surface area contributed by atoms with Gasteiger partial charge in [-0.25, -0.2) is 0 Å². The van der Waals surface area contributed by atoms with Gasteiger partial charge >= 0.3 is 12.1 Å². The average Bonchev–Trinajstić information content (AvgIpc) is 2.54. The Morgan fingerprint density at radius 1 is 1.04 bits per heavy atom. The lowest BCUT2D eigenvalue weighted by atomic mass is 9.82. The minimum Gasteiger partial charge on any atom is -0.462 e. The van der Waals surface area contributed by atoms with Crippen molar-refractivity contribution in [3.63, 3.8) is 0 Å². The molecule has 4 nitrogen and oxygen atoms in total. The molecule has 0 spiro atoms.